The summed E-state index contributed by atoms with van der Waals surface area (Å²) in [5.74, 6) is 0.532. The standard InChI is InChI=1S/C6H9N3O2S.C6H8O2S.C5H6O2.CH3N3S.CH4/c1-12-11-6-3-4(10)2-5(6)8-9-7;1-9-8-6-3-2-5(7)4-6;6-3-1-4-5(2-3)7-4;1-5-4-3-2;/h5-6H,2-3H2,1H3;2-3,6H,4H2,1H3;4-5H,1-2H2;1H3;1H4/t5-,6-;6-;4-,5?;;/m101../s1/i2*1T;;1T;. The molecule has 12 nitrogen and oxygen atoms in total. The molecule has 1 aliphatic heterocycles. The Morgan fingerprint density at radius 1 is 1.00 bits per heavy atom. The lowest BCUT2D eigenvalue weighted by Gasteiger charge is -2.11. The molecule has 1 saturated heterocycles. The zero-order chi connectivity index (χ0) is 26.8. The van der Waals surface area contributed by atoms with Gasteiger partial charge in [0.15, 0.2) is 5.78 Å². The van der Waals surface area contributed by atoms with E-state index in [9.17, 15) is 14.4 Å². The number of rotatable bonds is 6. The quantitative estimate of drug-likeness (QED) is 0.109. The molecular formula is C19H30N6O6S3. The fraction of sp³-hybridized carbons (Fsp3) is 0.737. The number of carbonyl (C=O) groups excluding carboxylic acids is 3. The minimum atomic E-state index is -0.392. The van der Waals surface area contributed by atoms with Gasteiger partial charge in [0.05, 0.1) is 30.5 Å². The van der Waals surface area contributed by atoms with E-state index in [2.05, 4.69) is 19.5 Å². The molecule has 0 bridgehead atoms. The molecule has 3 fully saturated rings. The lowest BCUT2D eigenvalue weighted by Crippen LogP contribution is -2.17. The van der Waals surface area contributed by atoms with Crippen molar-refractivity contribution in [2.45, 2.75) is 70.0 Å². The number of ether oxygens (including phenoxy) is 1. The summed E-state index contributed by atoms with van der Waals surface area (Å²) >= 11 is 2.92. The Labute approximate surface area is 216 Å². The number of allylic oxidation sites excluding steroid dienone is 1. The average molecular weight is 541 g/mol. The SMILES string of the molecule is C.O=C1CC2O[C@@H]2C1.[3H]CSN=[N+]=[N-].[3H]CSO[C@@H]1CC(=O)C[C@H]1N=[N+]=[N-].[3H]CSO[C@H]1C=CC(=O)C1. The molecule has 2 saturated carbocycles. The molecule has 0 aromatic heterocycles. The van der Waals surface area contributed by atoms with Crippen LogP contribution in [-0.2, 0) is 27.5 Å². The van der Waals surface area contributed by atoms with Crippen molar-refractivity contribution in [1.82, 2.24) is 0 Å². The third kappa shape index (κ3) is 13.3. The van der Waals surface area contributed by atoms with Gasteiger partial charge in [-0.05, 0) is 52.0 Å². The highest BCUT2D eigenvalue weighted by Crippen LogP contribution is 2.35. The molecule has 4 rings (SSSR count). The molecule has 3 aliphatic carbocycles. The van der Waals surface area contributed by atoms with Crippen LogP contribution in [-0.4, -0.2) is 66.5 Å². The molecule has 0 spiro atoms. The van der Waals surface area contributed by atoms with E-state index in [4.69, 9.17) is 28.3 Å². The predicted octanol–water partition coefficient (Wildman–Crippen LogP) is 5.20. The van der Waals surface area contributed by atoms with E-state index in [-0.39, 0.29) is 62.7 Å². The Morgan fingerprint density at radius 3 is 2.15 bits per heavy atom. The van der Waals surface area contributed by atoms with Crippen LogP contribution in [0.4, 0.5) is 0 Å². The Morgan fingerprint density at radius 2 is 1.68 bits per heavy atom. The lowest BCUT2D eigenvalue weighted by molar-refractivity contribution is -0.119. The van der Waals surface area contributed by atoms with Gasteiger partial charge in [0.2, 0.25) is 0 Å². The Hall–Kier alpha value is -1.70. The Bertz CT molecular complexity index is 851. The maximum Gasteiger partial charge on any atom is 0.158 e. The maximum absolute atomic E-state index is 11.0. The minimum Gasteiger partial charge on any atom is -0.369 e. The van der Waals surface area contributed by atoms with Crippen molar-refractivity contribution < 1.29 is 31.6 Å². The zero-order valence-corrected chi connectivity index (χ0v) is 20.0. The number of azide groups is 2. The number of nitrogens with zero attached hydrogens (tertiary/aromatic N) is 6. The van der Waals surface area contributed by atoms with Gasteiger partial charge in [-0.2, -0.15) is 0 Å². The first-order chi connectivity index (χ1) is 17.4. The van der Waals surface area contributed by atoms with E-state index in [1.165, 1.54) is 6.08 Å². The van der Waals surface area contributed by atoms with Crippen LogP contribution >= 0.6 is 36.0 Å². The summed E-state index contributed by atoms with van der Waals surface area (Å²) in [7, 11) is 0. The second-order valence-electron chi connectivity index (χ2n) is 6.71. The van der Waals surface area contributed by atoms with Crippen molar-refractivity contribution in [3.63, 3.8) is 0 Å². The van der Waals surface area contributed by atoms with Gasteiger partial charge in [-0.15, -0.1) is 0 Å². The van der Waals surface area contributed by atoms with Crippen molar-refractivity contribution in [3.8, 4) is 0 Å². The molecular weight excluding hydrogens is 504 g/mol. The topological polar surface area (TPSA) is 180 Å². The average Bonchev–Trinajstić information content (AvgIpc) is 3.14. The number of fused-ring (bicyclic) bond motifs is 1. The van der Waals surface area contributed by atoms with E-state index in [1.807, 2.05) is 0 Å². The third-order valence-electron chi connectivity index (χ3n) is 4.42. The number of hydrogen-bond acceptors (Lipinski definition) is 11. The Kier molecular flexibility index (Phi) is 14.7. The number of ketones is 3. The number of Topliss-reactive ketones (excluding diaryl/α,β-unsaturated/α-hetero) is 2. The van der Waals surface area contributed by atoms with Crippen LogP contribution in [0.2, 0.25) is 0 Å². The highest BCUT2D eigenvalue weighted by atomic mass is 32.2. The second-order valence-corrected chi connectivity index (χ2v) is 7.99. The van der Waals surface area contributed by atoms with Crippen LogP contribution in [0.3, 0.4) is 0 Å². The van der Waals surface area contributed by atoms with Crippen molar-refractivity contribution in [1.29, 1.82) is 0 Å². The van der Waals surface area contributed by atoms with Gasteiger partial charge in [0, 0.05) is 58.5 Å². The smallest absolute Gasteiger partial charge is 0.158 e. The summed E-state index contributed by atoms with van der Waals surface area (Å²) in [5.41, 5.74) is 15.8. The Balaban J connectivity index is 0.000000482. The largest absolute Gasteiger partial charge is 0.369 e. The summed E-state index contributed by atoms with van der Waals surface area (Å²) in [6.45, 7) is 0. The van der Waals surface area contributed by atoms with Crippen LogP contribution in [0.15, 0.2) is 21.8 Å². The van der Waals surface area contributed by atoms with E-state index in [0.29, 0.717) is 37.3 Å². The molecule has 15 heteroatoms. The first-order valence-electron chi connectivity index (χ1n) is 11.5. The third-order valence-corrected chi connectivity index (χ3v) is 5.37. The summed E-state index contributed by atoms with van der Waals surface area (Å²) < 4.78 is 38.2. The zero-order valence-electron chi connectivity index (χ0n) is 20.6. The second kappa shape index (κ2) is 18.6. The monoisotopic (exact) mass is 540 g/mol. The van der Waals surface area contributed by atoms with Crippen molar-refractivity contribution in [2.24, 2.45) is 9.63 Å². The van der Waals surface area contributed by atoms with Crippen LogP contribution in [0.5, 0.6) is 0 Å². The molecule has 0 radical (unpaired) electrons. The summed E-state index contributed by atoms with van der Waals surface area (Å²) in [4.78, 5) is 37.0. The van der Waals surface area contributed by atoms with Gasteiger partial charge >= 0.3 is 0 Å². The fourth-order valence-corrected chi connectivity index (χ4v) is 3.70. The molecule has 0 amide bonds. The molecule has 5 atom stereocenters. The lowest BCUT2D eigenvalue weighted by atomic mass is 10.2. The molecule has 1 unspecified atom stereocenters. The van der Waals surface area contributed by atoms with Crippen molar-refractivity contribution in [2.75, 3.05) is 18.7 Å². The van der Waals surface area contributed by atoms with Gasteiger partial charge in [-0.1, -0.05) is 30.6 Å². The molecule has 0 N–H and O–H groups in total. The first-order valence-corrected chi connectivity index (χ1v) is 12.2. The van der Waals surface area contributed by atoms with E-state index in [1.54, 1.807) is 6.08 Å². The number of epoxide rings is 1. The molecule has 0 aromatic rings. The molecule has 190 valence electrons. The summed E-state index contributed by atoms with van der Waals surface area (Å²) in [6, 6.07) is -0.392. The van der Waals surface area contributed by atoms with Gasteiger partial charge < -0.3 is 13.1 Å². The van der Waals surface area contributed by atoms with Gasteiger partial charge in [0.25, 0.3) is 0 Å². The highest BCUT2D eigenvalue weighted by Gasteiger charge is 2.47. The molecule has 1 heterocycles. The molecule has 4 aliphatic rings. The number of hydrogen-bond donors (Lipinski definition) is 0. The van der Waals surface area contributed by atoms with Crippen LogP contribution in [0.25, 0.3) is 20.9 Å². The van der Waals surface area contributed by atoms with Gasteiger partial charge in [-0.3, -0.25) is 14.4 Å². The molecule has 0 aromatic carbocycles. The fourth-order valence-electron chi connectivity index (χ4n) is 2.97. The minimum absolute atomic E-state index is 0. The first kappa shape index (κ1) is 26.9. The van der Waals surface area contributed by atoms with Crippen molar-refractivity contribution in [3.05, 3.63) is 33.0 Å². The molecule has 34 heavy (non-hydrogen) atoms. The van der Waals surface area contributed by atoms with Crippen LogP contribution in [0.1, 0.15) is 43.6 Å². The van der Waals surface area contributed by atoms with Gasteiger partial charge in [-0.25, -0.2) is 0 Å². The highest BCUT2D eigenvalue weighted by molar-refractivity contribution is 7.97. The predicted molar refractivity (Wildman–Crippen MR) is 135 cm³/mol. The van der Waals surface area contributed by atoms with Crippen molar-refractivity contribution >= 4 is 53.4 Å². The summed E-state index contributed by atoms with van der Waals surface area (Å²) in [6.07, 6.45) is 6.20. The summed E-state index contributed by atoms with van der Waals surface area (Å²) in [5, 5.41) is 3.47. The maximum atomic E-state index is 11.0. The van der Waals surface area contributed by atoms with E-state index in [0.717, 1.165) is 36.0 Å². The van der Waals surface area contributed by atoms with E-state index < -0.39 is 6.04 Å². The van der Waals surface area contributed by atoms with E-state index >= 15 is 0 Å². The van der Waals surface area contributed by atoms with Crippen LogP contribution < -0.4 is 0 Å². The number of carbonyl (C=O) groups is 3. The van der Waals surface area contributed by atoms with Crippen LogP contribution in [0, 0.1) is 0 Å². The van der Waals surface area contributed by atoms with Gasteiger partial charge in [0.1, 0.15) is 11.6 Å². The normalized spacial score (nSPS) is 28.4.